The van der Waals surface area contributed by atoms with Crippen LogP contribution in [0.5, 0.6) is 0 Å². The Labute approximate surface area is 171 Å². The highest BCUT2D eigenvalue weighted by Gasteiger charge is 2.40. The molecule has 6 heteroatoms. The van der Waals surface area contributed by atoms with Crippen LogP contribution in [0.2, 0.25) is 0 Å². The molecule has 3 aliphatic rings. The van der Waals surface area contributed by atoms with E-state index in [1.165, 1.54) is 18.2 Å². The molecule has 29 heavy (non-hydrogen) atoms. The van der Waals surface area contributed by atoms with E-state index in [0.29, 0.717) is 18.0 Å². The molecule has 3 aromatic rings. The molecular weight excluding hydrogens is 360 g/mol. The molecule has 6 rings (SSSR count). The van der Waals surface area contributed by atoms with Crippen LogP contribution in [0.4, 0.5) is 11.6 Å². The Bertz CT molecular complexity index is 1030. The van der Waals surface area contributed by atoms with Gasteiger partial charge in [-0.1, -0.05) is 18.2 Å². The number of hydrogen-bond acceptors (Lipinski definition) is 6. The fourth-order valence-corrected chi connectivity index (χ4v) is 5.23. The minimum absolute atomic E-state index is 0.421. The van der Waals surface area contributed by atoms with E-state index in [1.807, 2.05) is 18.5 Å². The maximum Gasteiger partial charge on any atom is 0.150 e. The fourth-order valence-electron chi connectivity index (χ4n) is 5.23. The van der Waals surface area contributed by atoms with Crippen molar-refractivity contribution in [1.82, 2.24) is 19.9 Å². The van der Waals surface area contributed by atoms with Crippen molar-refractivity contribution in [2.45, 2.75) is 30.8 Å². The van der Waals surface area contributed by atoms with Gasteiger partial charge < -0.3 is 9.80 Å². The second-order valence-corrected chi connectivity index (χ2v) is 8.68. The first-order valence-corrected chi connectivity index (χ1v) is 10.6. The zero-order valence-electron chi connectivity index (χ0n) is 16.8. The van der Waals surface area contributed by atoms with Crippen molar-refractivity contribution in [3.8, 4) is 0 Å². The summed E-state index contributed by atoms with van der Waals surface area (Å²) in [6.45, 7) is 4.05. The third-order valence-electron chi connectivity index (χ3n) is 7.03. The standard InChI is InChI=1S/C23H26N6/c1-27-18-7-8-19(27)15-29(14-18)23-22(24-10-11-25-23)17-12-28(13-17)21-9-6-16-4-2-3-5-20(16)26-21/h2-6,9-11,17-19H,7-8,12-15H2,1H3/t18-,19?/m1/s1. The summed E-state index contributed by atoms with van der Waals surface area (Å²) in [4.78, 5) is 21.8. The van der Waals surface area contributed by atoms with Crippen molar-refractivity contribution < 1.29 is 0 Å². The lowest BCUT2D eigenvalue weighted by Crippen LogP contribution is -2.53. The van der Waals surface area contributed by atoms with Gasteiger partial charge in [0, 0.05) is 62.0 Å². The number of benzene rings is 1. The quantitative estimate of drug-likeness (QED) is 0.690. The van der Waals surface area contributed by atoms with E-state index in [1.54, 1.807) is 0 Å². The predicted molar refractivity (Wildman–Crippen MR) is 116 cm³/mol. The minimum atomic E-state index is 0.421. The lowest BCUT2D eigenvalue weighted by atomic mass is 9.95. The Balaban J connectivity index is 1.21. The number of piperazine rings is 1. The average molecular weight is 387 g/mol. The van der Waals surface area contributed by atoms with Gasteiger partial charge in [-0.3, -0.25) is 9.88 Å². The molecule has 6 nitrogen and oxygen atoms in total. The molecule has 3 saturated heterocycles. The van der Waals surface area contributed by atoms with Gasteiger partial charge in [0.1, 0.15) is 5.82 Å². The summed E-state index contributed by atoms with van der Waals surface area (Å²) >= 11 is 0. The average Bonchev–Trinajstić information content (AvgIpc) is 2.93. The molecule has 5 heterocycles. The molecule has 0 saturated carbocycles. The largest absolute Gasteiger partial charge is 0.355 e. The Morgan fingerprint density at radius 1 is 0.828 bits per heavy atom. The Hall–Kier alpha value is -2.73. The highest BCUT2D eigenvalue weighted by atomic mass is 15.3. The maximum atomic E-state index is 4.85. The van der Waals surface area contributed by atoms with Gasteiger partial charge in [-0.15, -0.1) is 0 Å². The van der Waals surface area contributed by atoms with Gasteiger partial charge in [0.15, 0.2) is 5.82 Å². The lowest BCUT2D eigenvalue weighted by molar-refractivity contribution is 0.211. The second-order valence-electron chi connectivity index (χ2n) is 8.68. The fraction of sp³-hybridized carbons (Fsp3) is 0.435. The Morgan fingerprint density at radius 2 is 1.59 bits per heavy atom. The zero-order valence-corrected chi connectivity index (χ0v) is 16.8. The zero-order chi connectivity index (χ0) is 19.4. The summed E-state index contributed by atoms with van der Waals surface area (Å²) in [5, 5.41) is 1.19. The first-order valence-electron chi connectivity index (χ1n) is 10.6. The summed E-state index contributed by atoms with van der Waals surface area (Å²) < 4.78 is 0. The molecule has 1 unspecified atom stereocenters. The van der Waals surface area contributed by atoms with Gasteiger partial charge in [0.25, 0.3) is 0 Å². The van der Waals surface area contributed by atoms with Gasteiger partial charge in [0.2, 0.25) is 0 Å². The summed E-state index contributed by atoms with van der Waals surface area (Å²) in [5.41, 5.74) is 2.22. The third kappa shape index (κ3) is 2.85. The van der Waals surface area contributed by atoms with Crippen molar-refractivity contribution in [3.05, 3.63) is 54.5 Å². The number of nitrogens with zero attached hydrogens (tertiary/aromatic N) is 6. The summed E-state index contributed by atoms with van der Waals surface area (Å²) in [6.07, 6.45) is 6.30. The van der Waals surface area contributed by atoms with Crippen molar-refractivity contribution in [2.75, 3.05) is 43.0 Å². The number of hydrogen-bond donors (Lipinski definition) is 0. The van der Waals surface area contributed by atoms with Crippen molar-refractivity contribution in [2.24, 2.45) is 0 Å². The van der Waals surface area contributed by atoms with Crippen LogP contribution in [-0.2, 0) is 0 Å². The summed E-state index contributed by atoms with van der Waals surface area (Å²) in [6, 6.07) is 13.9. The number of rotatable bonds is 3. The van der Waals surface area contributed by atoms with Gasteiger partial charge in [-0.05, 0) is 38.1 Å². The SMILES string of the molecule is CN1C2CC[C@@H]1CN(c1nccnc1C1CN(c3ccc4ccccc4n3)C1)C2. The van der Waals surface area contributed by atoms with E-state index in [2.05, 4.69) is 52.1 Å². The van der Waals surface area contributed by atoms with Crippen molar-refractivity contribution in [3.63, 3.8) is 0 Å². The van der Waals surface area contributed by atoms with Crippen LogP contribution in [0.3, 0.4) is 0 Å². The lowest BCUT2D eigenvalue weighted by Gasteiger charge is -2.43. The first-order chi connectivity index (χ1) is 14.3. The molecule has 0 spiro atoms. The van der Waals surface area contributed by atoms with Crippen LogP contribution < -0.4 is 9.80 Å². The summed E-state index contributed by atoms with van der Waals surface area (Å²) in [7, 11) is 2.28. The number of aromatic nitrogens is 3. The van der Waals surface area contributed by atoms with Gasteiger partial charge in [-0.2, -0.15) is 0 Å². The molecule has 0 N–H and O–H groups in total. The molecule has 2 aromatic heterocycles. The van der Waals surface area contributed by atoms with E-state index in [-0.39, 0.29) is 0 Å². The molecule has 3 aliphatic heterocycles. The molecular formula is C23H26N6. The normalized spacial score (nSPS) is 24.9. The maximum absolute atomic E-state index is 4.85. The Morgan fingerprint density at radius 3 is 2.41 bits per heavy atom. The number of likely N-dealkylation sites (N-methyl/N-ethyl adjacent to an activating group) is 1. The number of pyridine rings is 1. The second kappa shape index (κ2) is 6.66. The topological polar surface area (TPSA) is 48.4 Å². The van der Waals surface area contributed by atoms with Crippen LogP contribution >= 0.6 is 0 Å². The van der Waals surface area contributed by atoms with E-state index in [4.69, 9.17) is 15.0 Å². The van der Waals surface area contributed by atoms with Crippen LogP contribution in [0.1, 0.15) is 24.5 Å². The molecule has 3 fully saturated rings. The van der Waals surface area contributed by atoms with E-state index in [9.17, 15) is 0 Å². The Kier molecular flexibility index (Phi) is 3.94. The van der Waals surface area contributed by atoms with Crippen molar-refractivity contribution >= 4 is 22.5 Å². The predicted octanol–water partition coefficient (Wildman–Crippen LogP) is 2.91. The third-order valence-corrected chi connectivity index (χ3v) is 7.03. The smallest absolute Gasteiger partial charge is 0.150 e. The van der Waals surface area contributed by atoms with Crippen molar-refractivity contribution in [1.29, 1.82) is 0 Å². The first kappa shape index (κ1) is 17.2. The summed E-state index contributed by atoms with van der Waals surface area (Å²) in [5.74, 6) is 2.58. The monoisotopic (exact) mass is 386 g/mol. The molecule has 0 radical (unpaired) electrons. The highest BCUT2D eigenvalue weighted by Crippen LogP contribution is 2.37. The van der Waals surface area contributed by atoms with E-state index < -0.39 is 0 Å². The van der Waals surface area contributed by atoms with E-state index >= 15 is 0 Å². The number of para-hydroxylation sites is 1. The minimum Gasteiger partial charge on any atom is -0.355 e. The van der Waals surface area contributed by atoms with Crippen LogP contribution in [0.25, 0.3) is 10.9 Å². The van der Waals surface area contributed by atoms with Gasteiger partial charge in [0.05, 0.1) is 11.2 Å². The van der Waals surface area contributed by atoms with Crippen LogP contribution in [0, 0.1) is 0 Å². The van der Waals surface area contributed by atoms with E-state index in [0.717, 1.165) is 49.0 Å². The van der Waals surface area contributed by atoms with Gasteiger partial charge in [-0.25, -0.2) is 9.97 Å². The molecule has 0 aliphatic carbocycles. The molecule has 1 aromatic carbocycles. The number of anilines is 2. The molecule has 2 bridgehead atoms. The molecule has 0 amide bonds. The highest BCUT2D eigenvalue weighted by molar-refractivity contribution is 5.80. The van der Waals surface area contributed by atoms with Crippen LogP contribution in [0.15, 0.2) is 48.8 Å². The molecule has 148 valence electrons. The van der Waals surface area contributed by atoms with Crippen LogP contribution in [-0.4, -0.2) is 65.2 Å². The number of fused-ring (bicyclic) bond motifs is 3. The molecule has 2 atom stereocenters. The van der Waals surface area contributed by atoms with Gasteiger partial charge >= 0.3 is 0 Å².